The Morgan fingerprint density at radius 3 is 2.81 bits per heavy atom. The van der Waals surface area contributed by atoms with Crippen LogP contribution in [0.2, 0.25) is 0 Å². The molecule has 1 heterocycles. The summed E-state index contributed by atoms with van der Waals surface area (Å²) < 4.78 is 40.1. The molecule has 0 aromatic heterocycles. The molecule has 1 fully saturated rings. The van der Waals surface area contributed by atoms with Crippen molar-refractivity contribution in [2.45, 2.75) is 24.2 Å². The Kier molecular flexibility index (Phi) is 6.26. The fourth-order valence-corrected chi connectivity index (χ4v) is 5.26. The third kappa shape index (κ3) is 4.38. The molecular formula is C24H28N2O5S. The largest absolute Gasteiger partial charge is 0.492 e. The number of rotatable bonds is 8. The average molecular weight is 457 g/mol. The molecule has 1 aliphatic carbocycles. The molecule has 1 saturated carbocycles. The molecule has 7 nitrogen and oxygen atoms in total. The van der Waals surface area contributed by atoms with E-state index < -0.39 is 16.0 Å². The van der Waals surface area contributed by atoms with E-state index in [2.05, 4.69) is 16.5 Å². The van der Waals surface area contributed by atoms with E-state index in [1.54, 1.807) is 36.4 Å². The first kappa shape index (κ1) is 22.4. The van der Waals surface area contributed by atoms with Gasteiger partial charge in [-0.05, 0) is 49.2 Å². The molecule has 1 aliphatic heterocycles. The van der Waals surface area contributed by atoms with Gasteiger partial charge < -0.3 is 14.4 Å². The zero-order valence-electron chi connectivity index (χ0n) is 18.5. The number of anilines is 1. The minimum atomic E-state index is -3.97. The molecular weight excluding hydrogens is 428 g/mol. The highest BCUT2D eigenvalue weighted by Gasteiger charge is 2.45. The van der Waals surface area contributed by atoms with Gasteiger partial charge in [-0.15, -0.1) is 0 Å². The van der Waals surface area contributed by atoms with E-state index in [-0.39, 0.29) is 16.1 Å². The zero-order valence-corrected chi connectivity index (χ0v) is 19.3. The summed E-state index contributed by atoms with van der Waals surface area (Å²) in [5.74, 6) is 0.627. The molecule has 1 N–H and O–H groups in total. The normalized spacial score (nSPS) is 19.2. The first-order valence-electron chi connectivity index (χ1n) is 10.7. The number of hydrogen-bond donors (Lipinski definition) is 1. The monoisotopic (exact) mass is 456 g/mol. The number of fused-ring (bicyclic) bond motifs is 3. The molecule has 0 amide bonds. The van der Waals surface area contributed by atoms with Gasteiger partial charge >= 0.3 is 5.97 Å². The van der Waals surface area contributed by atoms with Crippen molar-refractivity contribution in [3.05, 3.63) is 59.2 Å². The van der Waals surface area contributed by atoms with Crippen LogP contribution in [0.3, 0.4) is 0 Å². The standard InChI is InChI=1S/C24H28N2O5S/c1-4-26(2)13-7-9-16-8-5-6-10-21(16)32(28,29)25-20-12-11-18-19-14-17(19)15-31-23(18)22(20)24(27)30-3/h5-12,17,19,25H,4,13-15H2,1-3H3/b9-7-. The van der Waals surface area contributed by atoms with Crippen LogP contribution in [-0.2, 0) is 14.8 Å². The summed E-state index contributed by atoms with van der Waals surface area (Å²) in [5, 5.41) is 0. The SMILES string of the molecule is CCN(C)C/C=C\c1ccccc1S(=O)(=O)Nc1ccc2c(c1C(=O)OC)OCC1CC21. The molecule has 0 bridgehead atoms. The van der Waals surface area contributed by atoms with Crippen molar-refractivity contribution in [1.29, 1.82) is 0 Å². The minimum Gasteiger partial charge on any atom is -0.492 e. The molecule has 2 aliphatic rings. The van der Waals surface area contributed by atoms with Crippen LogP contribution < -0.4 is 9.46 Å². The van der Waals surface area contributed by atoms with E-state index in [1.165, 1.54) is 7.11 Å². The van der Waals surface area contributed by atoms with Crippen molar-refractivity contribution in [2.75, 3.05) is 38.6 Å². The number of benzene rings is 2. The van der Waals surface area contributed by atoms with E-state index in [9.17, 15) is 13.2 Å². The first-order chi connectivity index (χ1) is 15.4. The Labute approximate surface area is 189 Å². The Morgan fingerprint density at radius 1 is 1.28 bits per heavy atom. The van der Waals surface area contributed by atoms with Crippen LogP contribution in [0.4, 0.5) is 5.69 Å². The van der Waals surface area contributed by atoms with Gasteiger partial charge in [-0.25, -0.2) is 13.2 Å². The van der Waals surface area contributed by atoms with Gasteiger partial charge in [0, 0.05) is 12.5 Å². The van der Waals surface area contributed by atoms with E-state index in [4.69, 9.17) is 9.47 Å². The second-order valence-electron chi connectivity index (χ2n) is 8.21. The number of methoxy groups -OCH3 is 1. The smallest absolute Gasteiger partial charge is 0.343 e. The van der Waals surface area contributed by atoms with Crippen LogP contribution >= 0.6 is 0 Å². The fourth-order valence-electron chi connectivity index (χ4n) is 3.99. The van der Waals surface area contributed by atoms with Gasteiger partial charge in [0.1, 0.15) is 11.3 Å². The molecule has 2 atom stereocenters. The summed E-state index contributed by atoms with van der Waals surface area (Å²) in [6.07, 6.45) is 4.74. The fraction of sp³-hybridized carbons (Fsp3) is 0.375. The van der Waals surface area contributed by atoms with Gasteiger partial charge in [0.15, 0.2) is 0 Å². The molecule has 2 unspecified atom stereocenters. The predicted molar refractivity (Wildman–Crippen MR) is 124 cm³/mol. The highest BCUT2D eigenvalue weighted by Crippen LogP contribution is 2.55. The van der Waals surface area contributed by atoms with Crippen molar-refractivity contribution in [3.63, 3.8) is 0 Å². The van der Waals surface area contributed by atoms with Gasteiger partial charge in [0.05, 0.1) is 24.3 Å². The number of ether oxygens (including phenoxy) is 2. The van der Waals surface area contributed by atoms with Crippen molar-refractivity contribution < 1.29 is 22.7 Å². The number of hydrogen-bond acceptors (Lipinski definition) is 6. The van der Waals surface area contributed by atoms with Crippen LogP contribution in [0, 0.1) is 5.92 Å². The number of nitrogens with one attached hydrogen (secondary N) is 1. The lowest BCUT2D eigenvalue weighted by Gasteiger charge is -2.22. The Balaban J connectivity index is 1.68. The summed E-state index contributed by atoms with van der Waals surface area (Å²) >= 11 is 0. The molecule has 0 saturated heterocycles. The second-order valence-corrected chi connectivity index (χ2v) is 9.86. The van der Waals surface area contributed by atoms with E-state index in [0.29, 0.717) is 36.3 Å². The van der Waals surface area contributed by atoms with Crippen LogP contribution in [0.25, 0.3) is 6.08 Å². The second kappa shape index (κ2) is 8.96. The third-order valence-corrected chi connectivity index (χ3v) is 7.49. The molecule has 2 aromatic carbocycles. The Bertz CT molecular complexity index is 1160. The molecule has 0 spiro atoms. The lowest BCUT2D eigenvalue weighted by atomic mass is 10.0. The van der Waals surface area contributed by atoms with Crippen molar-refractivity contribution >= 4 is 27.8 Å². The number of likely N-dealkylation sites (N-methyl/N-ethyl adjacent to an activating group) is 1. The zero-order chi connectivity index (χ0) is 22.9. The van der Waals surface area contributed by atoms with Gasteiger partial charge in [-0.3, -0.25) is 4.72 Å². The minimum absolute atomic E-state index is 0.122. The Hall–Kier alpha value is -2.84. The summed E-state index contributed by atoms with van der Waals surface area (Å²) in [6.45, 7) is 4.18. The van der Waals surface area contributed by atoms with Gasteiger partial charge in [-0.1, -0.05) is 43.3 Å². The summed E-state index contributed by atoms with van der Waals surface area (Å²) in [5.41, 5.74) is 1.78. The highest BCUT2D eigenvalue weighted by molar-refractivity contribution is 7.92. The maximum Gasteiger partial charge on any atom is 0.343 e. The van der Waals surface area contributed by atoms with Crippen molar-refractivity contribution in [1.82, 2.24) is 4.90 Å². The van der Waals surface area contributed by atoms with Crippen LogP contribution in [0.15, 0.2) is 47.4 Å². The number of carbonyl (C=O) groups is 1. The number of sulfonamides is 1. The lowest BCUT2D eigenvalue weighted by Crippen LogP contribution is -2.20. The van der Waals surface area contributed by atoms with Crippen LogP contribution in [-0.4, -0.2) is 53.1 Å². The lowest BCUT2D eigenvalue weighted by molar-refractivity contribution is 0.0596. The van der Waals surface area contributed by atoms with E-state index in [0.717, 1.165) is 18.5 Å². The summed E-state index contributed by atoms with van der Waals surface area (Å²) in [6, 6.07) is 10.2. The first-order valence-corrected chi connectivity index (χ1v) is 12.2. The van der Waals surface area contributed by atoms with Crippen LogP contribution in [0.1, 0.15) is 40.7 Å². The topological polar surface area (TPSA) is 84.9 Å². The number of esters is 1. The van der Waals surface area contributed by atoms with Gasteiger partial charge in [0.25, 0.3) is 10.0 Å². The van der Waals surface area contributed by atoms with Crippen LogP contribution in [0.5, 0.6) is 5.75 Å². The average Bonchev–Trinajstić information content (AvgIpc) is 3.58. The number of nitrogens with zero attached hydrogens (tertiary/aromatic N) is 1. The van der Waals surface area contributed by atoms with E-state index >= 15 is 0 Å². The molecule has 8 heteroatoms. The predicted octanol–water partition coefficient (Wildman–Crippen LogP) is 3.73. The van der Waals surface area contributed by atoms with Crippen molar-refractivity contribution in [3.8, 4) is 5.75 Å². The van der Waals surface area contributed by atoms with Crippen molar-refractivity contribution in [2.24, 2.45) is 5.92 Å². The highest BCUT2D eigenvalue weighted by atomic mass is 32.2. The molecule has 2 aromatic rings. The van der Waals surface area contributed by atoms with Gasteiger partial charge in [0.2, 0.25) is 0 Å². The quantitative estimate of drug-likeness (QED) is 0.609. The molecule has 4 rings (SSSR count). The maximum atomic E-state index is 13.3. The summed E-state index contributed by atoms with van der Waals surface area (Å²) in [7, 11) is -0.707. The van der Waals surface area contributed by atoms with Gasteiger partial charge in [-0.2, -0.15) is 0 Å². The summed E-state index contributed by atoms with van der Waals surface area (Å²) in [4.78, 5) is 14.8. The maximum absolute atomic E-state index is 13.3. The molecule has 170 valence electrons. The molecule has 32 heavy (non-hydrogen) atoms. The number of carbonyl (C=O) groups excluding carboxylic acids is 1. The third-order valence-electron chi connectivity index (χ3n) is 6.05. The van der Waals surface area contributed by atoms with E-state index in [1.807, 2.05) is 19.2 Å². The molecule has 0 radical (unpaired) electrons. The Morgan fingerprint density at radius 2 is 2.06 bits per heavy atom.